The van der Waals surface area contributed by atoms with Crippen molar-refractivity contribution in [1.82, 2.24) is 19.5 Å². The Balaban J connectivity index is 2.19. The zero-order valence-electron chi connectivity index (χ0n) is 15.8. The molecule has 0 aromatic carbocycles. The van der Waals surface area contributed by atoms with Crippen molar-refractivity contribution < 1.29 is 23.0 Å². The van der Waals surface area contributed by atoms with E-state index in [0.717, 1.165) is 12.3 Å². The first-order chi connectivity index (χ1) is 13.8. The van der Waals surface area contributed by atoms with Gasteiger partial charge >= 0.3 is 6.18 Å². The van der Waals surface area contributed by atoms with Crippen molar-refractivity contribution in [2.24, 2.45) is 0 Å². The van der Waals surface area contributed by atoms with Crippen molar-refractivity contribution >= 4 is 10.9 Å². The molecule has 154 valence electrons. The Hall–Kier alpha value is -2.85. The van der Waals surface area contributed by atoms with Gasteiger partial charge in [-0.2, -0.15) is 13.2 Å². The molecule has 0 aliphatic heterocycles. The van der Waals surface area contributed by atoms with Crippen molar-refractivity contribution in [3.63, 3.8) is 0 Å². The fraction of sp³-hybridized carbons (Fsp3) is 0.368. The fourth-order valence-corrected chi connectivity index (χ4v) is 2.83. The average molecular weight is 408 g/mol. The van der Waals surface area contributed by atoms with E-state index >= 15 is 0 Å². The molecule has 0 aliphatic rings. The topological polar surface area (TPSA) is 90.1 Å². The van der Waals surface area contributed by atoms with Gasteiger partial charge in [-0.1, -0.05) is 0 Å². The van der Waals surface area contributed by atoms with E-state index in [1.807, 2.05) is 0 Å². The number of fused-ring (bicyclic) bond motifs is 1. The van der Waals surface area contributed by atoms with Gasteiger partial charge in [0, 0.05) is 19.7 Å². The Morgan fingerprint density at radius 3 is 2.59 bits per heavy atom. The van der Waals surface area contributed by atoms with Crippen molar-refractivity contribution in [3.8, 4) is 11.4 Å². The first-order valence-corrected chi connectivity index (χ1v) is 8.80. The molecule has 0 saturated carbocycles. The average Bonchev–Trinajstić information content (AvgIpc) is 2.71. The van der Waals surface area contributed by atoms with Gasteiger partial charge in [0.15, 0.2) is 0 Å². The number of hydrogen-bond acceptors (Lipinski definition) is 6. The number of rotatable bonds is 6. The van der Waals surface area contributed by atoms with E-state index < -0.39 is 17.8 Å². The molecule has 7 nitrogen and oxygen atoms in total. The largest absolute Gasteiger partial charge is 0.417 e. The van der Waals surface area contributed by atoms with Gasteiger partial charge in [-0.3, -0.25) is 14.3 Å². The Kier molecular flexibility index (Phi) is 5.94. The maximum absolute atomic E-state index is 12.9. The van der Waals surface area contributed by atoms with Crippen LogP contribution < -0.4 is 5.56 Å². The second-order valence-electron chi connectivity index (χ2n) is 6.51. The molecular formula is C19H19F3N4O3. The quantitative estimate of drug-likeness (QED) is 0.674. The van der Waals surface area contributed by atoms with Crippen molar-refractivity contribution in [2.75, 3.05) is 20.3 Å². The van der Waals surface area contributed by atoms with Crippen molar-refractivity contribution in [1.29, 1.82) is 0 Å². The molecule has 10 heteroatoms. The van der Waals surface area contributed by atoms with Crippen LogP contribution in [0.15, 0.2) is 35.5 Å². The number of pyridine rings is 2. The van der Waals surface area contributed by atoms with Gasteiger partial charge in [0.2, 0.25) is 0 Å². The van der Waals surface area contributed by atoms with Crippen LogP contribution in [0.5, 0.6) is 0 Å². The van der Waals surface area contributed by atoms with Crippen LogP contribution in [0.1, 0.15) is 24.2 Å². The number of aliphatic hydroxyl groups excluding tert-OH is 1. The Morgan fingerprint density at radius 1 is 1.24 bits per heavy atom. The minimum absolute atomic E-state index is 0.198. The number of alkyl halides is 3. The predicted octanol–water partition coefficient (Wildman–Crippen LogP) is 2.61. The third-order valence-electron chi connectivity index (χ3n) is 4.48. The van der Waals surface area contributed by atoms with Gasteiger partial charge < -0.3 is 9.84 Å². The highest BCUT2D eigenvalue weighted by Gasteiger charge is 2.30. The lowest BCUT2D eigenvalue weighted by molar-refractivity contribution is -0.137. The second-order valence-corrected chi connectivity index (χ2v) is 6.51. The van der Waals surface area contributed by atoms with E-state index in [1.165, 1.54) is 30.1 Å². The van der Waals surface area contributed by atoms with Crippen LogP contribution in [0.3, 0.4) is 0 Å². The number of aromatic nitrogens is 4. The van der Waals surface area contributed by atoms with Crippen LogP contribution in [-0.4, -0.2) is 44.9 Å². The molecule has 0 amide bonds. The molecule has 1 atom stereocenters. The van der Waals surface area contributed by atoms with E-state index in [0.29, 0.717) is 24.2 Å². The number of aliphatic hydroxyl groups is 1. The lowest BCUT2D eigenvalue weighted by Crippen LogP contribution is -2.26. The van der Waals surface area contributed by atoms with E-state index in [-0.39, 0.29) is 28.9 Å². The third kappa shape index (κ3) is 4.28. The summed E-state index contributed by atoms with van der Waals surface area (Å²) < 4.78 is 44.8. The summed E-state index contributed by atoms with van der Waals surface area (Å²) >= 11 is 0. The summed E-state index contributed by atoms with van der Waals surface area (Å²) in [7, 11) is 1.52. The molecule has 0 bridgehead atoms. The molecule has 3 aromatic rings. The van der Waals surface area contributed by atoms with Crippen LogP contribution in [0.2, 0.25) is 0 Å². The Morgan fingerprint density at radius 2 is 2.00 bits per heavy atom. The molecule has 3 aromatic heterocycles. The van der Waals surface area contributed by atoms with Crippen molar-refractivity contribution in [2.45, 2.75) is 25.6 Å². The summed E-state index contributed by atoms with van der Waals surface area (Å²) in [4.78, 5) is 25.5. The lowest BCUT2D eigenvalue weighted by Gasteiger charge is -2.14. The van der Waals surface area contributed by atoms with E-state index in [4.69, 9.17) is 4.74 Å². The second kappa shape index (κ2) is 8.26. The summed E-state index contributed by atoms with van der Waals surface area (Å²) in [6.07, 6.45) is -2.07. The molecule has 0 fully saturated rings. The lowest BCUT2D eigenvalue weighted by atomic mass is 10.1. The van der Waals surface area contributed by atoms with Crippen LogP contribution >= 0.6 is 0 Å². The van der Waals surface area contributed by atoms with Crippen LogP contribution in [0.25, 0.3) is 22.3 Å². The maximum Gasteiger partial charge on any atom is 0.417 e. The monoisotopic (exact) mass is 408 g/mol. The molecular weight excluding hydrogens is 389 g/mol. The Bertz CT molecular complexity index is 1070. The maximum atomic E-state index is 12.9. The van der Waals surface area contributed by atoms with Crippen LogP contribution in [-0.2, 0) is 17.3 Å². The SMILES string of the molecule is COCCc1nc(-c2ccc(C(F)(F)F)cn2)cc2c(=O)n([C@@H](C)CO)cnc12. The minimum atomic E-state index is -4.50. The van der Waals surface area contributed by atoms with Gasteiger partial charge in [-0.25, -0.2) is 9.97 Å². The normalized spacial score (nSPS) is 13.0. The van der Waals surface area contributed by atoms with Crippen LogP contribution in [0, 0.1) is 0 Å². The van der Waals surface area contributed by atoms with Crippen LogP contribution in [0.4, 0.5) is 13.2 Å². The third-order valence-corrected chi connectivity index (χ3v) is 4.48. The first kappa shape index (κ1) is 20.9. The summed E-state index contributed by atoms with van der Waals surface area (Å²) in [5.74, 6) is 0. The van der Waals surface area contributed by atoms with Gasteiger partial charge in [-0.05, 0) is 25.1 Å². The highest BCUT2D eigenvalue weighted by Crippen LogP contribution is 2.30. The molecule has 1 N–H and O–H groups in total. The van der Waals surface area contributed by atoms with E-state index in [2.05, 4.69) is 15.0 Å². The molecule has 0 radical (unpaired) electrons. The molecule has 29 heavy (non-hydrogen) atoms. The predicted molar refractivity (Wildman–Crippen MR) is 99.4 cm³/mol. The highest BCUT2D eigenvalue weighted by molar-refractivity contribution is 5.83. The first-order valence-electron chi connectivity index (χ1n) is 8.80. The smallest absolute Gasteiger partial charge is 0.394 e. The molecule has 0 aliphatic carbocycles. The fourth-order valence-electron chi connectivity index (χ4n) is 2.83. The van der Waals surface area contributed by atoms with Gasteiger partial charge in [0.05, 0.1) is 59.1 Å². The molecule has 3 rings (SSSR count). The molecule has 0 unspecified atom stereocenters. The minimum Gasteiger partial charge on any atom is -0.394 e. The molecule has 0 spiro atoms. The number of methoxy groups -OCH3 is 1. The van der Waals surface area contributed by atoms with Gasteiger partial charge in [0.25, 0.3) is 5.56 Å². The number of hydrogen-bond donors (Lipinski definition) is 1. The number of halogens is 3. The van der Waals surface area contributed by atoms with Gasteiger partial charge in [0.1, 0.15) is 0 Å². The summed E-state index contributed by atoms with van der Waals surface area (Å²) in [5, 5.41) is 9.60. The zero-order chi connectivity index (χ0) is 21.2. The summed E-state index contributed by atoms with van der Waals surface area (Å²) in [6.45, 7) is 1.74. The molecule has 3 heterocycles. The zero-order valence-corrected chi connectivity index (χ0v) is 15.8. The number of nitrogens with zero attached hydrogens (tertiary/aromatic N) is 4. The summed E-state index contributed by atoms with van der Waals surface area (Å²) in [6, 6.07) is 3.10. The van der Waals surface area contributed by atoms with E-state index in [1.54, 1.807) is 6.92 Å². The van der Waals surface area contributed by atoms with Gasteiger partial charge in [-0.15, -0.1) is 0 Å². The Labute approximate surface area is 163 Å². The highest BCUT2D eigenvalue weighted by atomic mass is 19.4. The number of ether oxygens (including phenoxy) is 1. The van der Waals surface area contributed by atoms with E-state index in [9.17, 15) is 23.1 Å². The summed E-state index contributed by atoms with van der Waals surface area (Å²) in [5.41, 5.74) is 0.0495. The van der Waals surface area contributed by atoms with Crippen molar-refractivity contribution in [3.05, 3.63) is 52.3 Å². The molecule has 0 saturated heterocycles. The standard InChI is InChI=1S/C19H19F3N4O3/c1-11(9-27)26-10-24-17-13(18(26)28)7-16(25-15(17)5-6-29-2)14-4-3-12(8-23-14)19(20,21)22/h3-4,7-8,10-11,27H,5-6,9H2,1-2H3/t11-/m0/s1.